The summed E-state index contributed by atoms with van der Waals surface area (Å²) in [7, 11) is 0. The van der Waals surface area contributed by atoms with Gasteiger partial charge in [-0.1, -0.05) is 70.1 Å². The van der Waals surface area contributed by atoms with Crippen molar-refractivity contribution in [1.82, 2.24) is 0 Å². The summed E-state index contributed by atoms with van der Waals surface area (Å²) >= 11 is 30.5. The second kappa shape index (κ2) is 11.9. The van der Waals surface area contributed by atoms with Crippen molar-refractivity contribution < 1.29 is 4.79 Å². The number of amides is 1. The predicted molar refractivity (Wildman–Crippen MR) is 153 cm³/mol. The fraction of sp³-hybridized carbons (Fsp3) is 0. The van der Waals surface area contributed by atoms with E-state index in [-0.39, 0.29) is 5.91 Å². The lowest BCUT2D eigenvalue weighted by Gasteiger charge is -2.08. The van der Waals surface area contributed by atoms with Gasteiger partial charge >= 0.3 is 0 Å². The zero-order chi connectivity index (χ0) is 25.7. The molecule has 4 nitrogen and oxygen atoms in total. The van der Waals surface area contributed by atoms with E-state index in [1.807, 2.05) is 0 Å². The van der Waals surface area contributed by atoms with Gasteiger partial charge in [0, 0.05) is 39.2 Å². The molecule has 0 saturated carbocycles. The summed E-state index contributed by atoms with van der Waals surface area (Å²) in [6.07, 6.45) is 3.26. The number of carbonyl (C=O) groups excluding carboxylic acids is 1. The molecule has 0 unspecified atom stereocenters. The van der Waals surface area contributed by atoms with Crippen molar-refractivity contribution in [3.8, 4) is 0 Å². The first-order valence-corrected chi connectivity index (χ1v) is 12.4. The molecular formula is C27H16Cl5N3O. The zero-order valence-electron chi connectivity index (χ0n) is 18.4. The first kappa shape index (κ1) is 26.2. The minimum Gasteiger partial charge on any atom is -0.321 e. The van der Waals surface area contributed by atoms with Crippen LogP contribution in [0.25, 0.3) is 0 Å². The van der Waals surface area contributed by atoms with Crippen molar-refractivity contribution in [3.63, 3.8) is 0 Å². The van der Waals surface area contributed by atoms with E-state index < -0.39 is 0 Å². The molecule has 4 rings (SSSR count). The van der Waals surface area contributed by atoms with E-state index in [1.54, 1.807) is 91.3 Å². The Kier molecular flexibility index (Phi) is 8.68. The van der Waals surface area contributed by atoms with E-state index in [4.69, 9.17) is 58.0 Å². The molecule has 0 aliphatic rings. The molecule has 0 saturated heterocycles. The molecule has 0 spiro atoms. The third-order valence-corrected chi connectivity index (χ3v) is 6.40. The number of nitrogens with zero attached hydrogens (tertiary/aromatic N) is 2. The van der Waals surface area contributed by atoms with E-state index in [9.17, 15) is 4.79 Å². The van der Waals surface area contributed by atoms with Crippen molar-refractivity contribution in [3.05, 3.63) is 121 Å². The quantitative estimate of drug-likeness (QED) is 0.229. The highest BCUT2D eigenvalue weighted by Crippen LogP contribution is 2.28. The minimum absolute atomic E-state index is 0.308. The van der Waals surface area contributed by atoms with Crippen molar-refractivity contribution in [1.29, 1.82) is 0 Å². The number of anilines is 1. The van der Waals surface area contributed by atoms with Gasteiger partial charge in [-0.3, -0.25) is 14.8 Å². The highest BCUT2D eigenvalue weighted by atomic mass is 35.5. The summed E-state index contributed by atoms with van der Waals surface area (Å²) in [5.41, 5.74) is 3.64. The number of hydrogen-bond donors (Lipinski definition) is 1. The number of halogens is 5. The largest absolute Gasteiger partial charge is 0.321 e. The first-order chi connectivity index (χ1) is 17.3. The monoisotopic (exact) mass is 573 g/mol. The summed E-state index contributed by atoms with van der Waals surface area (Å²) < 4.78 is 0. The Hall–Kier alpha value is -2.86. The Morgan fingerprint density at radius 2 is 1.14 bits per heavy atom. The van der Waals surface area contributed by atoms with Gasteiger partial charge in [0.25, 0.3) is 5.91 Å². The summed E-state index contributed by atoms with van der Waals surface area (Å²) in [5.74, 6) is -0.308. The van der Waals surface area contributed by atoms with Gasteiger partial charge in [0.15, 0.2) is 0 Å². The molecule has 1 N–H and O–H groups in total. The van der Waals surface area contributed by atoms with Gasteiger partial charge in [-0.25, -0.2) is 0 Å². The van der Waals surface area contributed by atoms with Gasteiger partial charge in [0.2, 0.25) is 0 Å². The van der Waals surface area contributed by atoms with E-state index in [1.165, 1.54) is 0 Å². The van der Waals surface area contributed by atoms with Crippen LogP contribution in [0.15, 0.2) is 88.8 Å². The molecule has 0 atom stereocenters. The van der Waals surface area contributed by atoms with Crippen LogP contribution in [-0.4, -0.2) is 18.3 Å². The van der Waals surface area contributed by atoms with Gasteiger partial charge in [-0.2, -0.15) is 0 Å². The Balaban J connectivity index is 1.41. The Morgan fingerprint density at radius 3 is 1.67 bits per heavy atom. The maximum atomic E-state index is 12.7. The minimum atomic E-state index is -0.308. The third-order valence-electron chi connectivity index (χ3n) is 4.96. The molecule has 0 bridgehead atoms. The van der Waals surface area contributed by atoms with E-state index in [2.05, 4.69) is 15.3 Å². The van der Waals surface area contributed by atoms with Crippen LogP contribution in [0.5, 0.6) is 0 Å². The maximum Gasteiger partial charge on any atom is 0.255 e. The van der Waals surface area contributed by atoms with Crippen molar-refractivity contribution in [2.24, 2.45) is 9.98 Å². The lowest BCUT2D eigenvalue weighted by molar-refractivity contribution is 0.102. The molecule has 180 valence electrons. The molecule has 4 aromatic rings. The Morgan fingerprint density at radius 1 is 0.611 bits per heavy atom. The second-order valence-corrected chi connectivity index (χ2v) is 9.61. The number of hydrogen-bond acceptors (Lipinski definition) is 3. The van der Waals surface area contributed by atoms with Crippen LogP contribution in [0.4, 0.5) is 17.1 Å². The Bertz CT molecular complexity index is 1480. The van der Waals surface area contributed by atoms with Crippen molar-refractivity contribution in [2.75, 3.05) is 5.32 Å². The van der Waals surface area contributed by atoms with E-state index in [0.29, 0.717) is 47.7 Å². The van der Waals surface area contributed by atoms with Crippen molar-refractivity contribution in [2.45, 2.75) is 0 Å². The van der Waals surface area contributed by atoms with Crippen LogP contribution in [0.3, 0.4) is 0 Å². The average molecular weight is 576 g/mol. The molecule has 4 aromatic carbocycles. The summed E-state index contributed by atoms with van der Waals surface area (Å²) in [6, 6.07) is 22.2. The summed E-state index contributed by atoms with van der Waals surface area (Å²) in [6.45, 7) is 0. The lowest BCUT2D eigenvalue weighted by Crippen LogP contribution is -2.11. The van der Waals surface area contributed by atoms with E-state index >= 15 is 0 Å². The fourth-order valence-electron chi connectivity index (χ4n) is 3.08. The standard InChI is InChI=1S/C27H16Cl5N3O/c28-19-5-1-17(23(30)11-19)14-33-21-7-3-16(4-8-21)27(36)35-26-10-9-22(13-25(26)32)34-15-18-2-6-20(29)12-24(18)31/h1-15H,(H,35,36). The van der Waals surface area contributed by atoms with Crippen LogP contribution < -0.4 is 5.32 Å². The van der Waals surface area contributed by atoms with Gasteiger partial charge in [-0.05, 0) is 66.7 Å². The van der Waals surface area contributed by atoms with Gasteiger partial charge in [-0.15, -0.1) is 0 Å². The molecule has 0 radical (unpaired) electrons. The normalized spacial score (nSPS) is 11.4. The molecule has 0 fully saturated rings. The smallest absolute Gasteiger partial charge is 0.255 e. The first-order valence-electron chi connectivity index (χ1n) is 10.5. The van der Waals surface area contributed by atoms with E-state index in [0.717, 1.165) is 11.1 Å². The molecule has 1 amide bonds. The fourth-order valence-corrected chi connectivity index (χ4v) is 4.22. The second-order valence-electron chi connectivity index (χ2n) is 7.51. The molecule has 9 heteroatoms. The number of nitrogens with one attached hydrogen (secondary N) is 1. The molecule has 0 aliphatic heterocycles. The Labute approximate surface area is 233 Å². The molecule has 0 aliphatic carbocycles. The maximum absolute atomic E-state index is 12.7. The van der Waals surface area contributed by atoms with Crippen LogP contribution in [0.2, 0.25) is 25.1 Å². The van der Waals surface area contributed by atoms with Crippen molar-refractivity contribution >= 4 is 93.4 Å². The van der Waals surface area contributed by atoms with Crippen LogP contribution in [0.1, 0.15) is 21.5 Å². The number of benzene rings is 4. The van der Waals surface area contributed by atoms with Gasteiger partial charge in [0.05, 0.1) is 32.1 Å². The highest BCUT2D eigenvalue weighted by Gasteiger charge is 2.09. The molecular weight excluding hydrogens is 560 g/mol. The lowest BCUT2D eigenvalue weighted by atomic mass is 10.2. The summed E-state index contributed by atoms with van der Waals surface area (Å²) in [5, 5.41) is 5.25. The predicted octanol–water partition coefficient (Wildman–Crippen LogP) is 9.71. The topological polar surface area (TPSA) is 53.8 Å². The SMILES string of the molecule is O=C(Nc1ccc(N=Cc2ccc(Cl)cc2Cl)cc1Cl)c1ccc(N=Cc2ccc(Cl)cc2Cl)cc1. The van der Waals surface area contributed by atoms with Crippen LogP contribution in [-0.2, 0) is 0 Å². The molecule has 0 aromatic heterocycles. The van der Waals surface area contributed by atoms with Crippen LogP contribution >= 0.6 is 58.0 Å². The van der Waals surface area contributed by atoms with Gasteiger partial charge in [0.1, 0.15) is 0 Å². The zero-order valence-corrected chi connectivity index (χ0v) is 22.1. The van der Waals surface area contributed by atoms with Gasteiger partial charge < -0.3 is 5.32 Å². The third kappa shape index (κ3) is 6.88. The highest BCUT2D eigenvalue weighted by molar-refractivity contribution is 6.37. The number of carbonyl (C=O) groups is 1. The van der Waals surface area contributed by atoms with Crippen LogP contribution in [0, 0.1) is 0 Å². The number of rotatable bonds is 6. The summed E-state index contributed by atoms with van der Waals surface area (Å²) in [4.78, 5) is 21.5. The molecule has 36 heavy (non-hydrogen) atoms. The number of aliphatic imine (C=N–C) groups is 2. The molecule has 0 heterocycles. The average Bonchev–Trinajstić information content (AvgIpc) is 2.85.